The molecule has 28 heavy (non-hydrogen) atoms. The summed E-state index contributed by atoms with van der Waals surface area (Å²) in [5, 5.41) is 4.95. The van der Waals surface area contributed by atoms with Gasteiger partial charge in [-0.3, -0.25) is 9.59 Å². The average molecular weight is 394 g/mol. The molecule has 9 heteroatoms. The number of methoxy groups -OCH3 is 2. The van der Waals surface area contributed by atoms with Crippen molar-refractivity contribution < 1.29 is 33.0 Å². The first kappa shape index (κ1) is 22.8. The zero-order chi connectivity index (χ0) is 21.1. The van der Waals surface area contributed by atoms with Crippen LogP contribution in [0.3, 0.4) is 0 Å². The Hall–Kier alpha value is -3.23. The number of nitrogens with one attached hydrogen (secondary N) is 2. The summed E-state index contributed by atoms with van der Waals surface area (Å²) in [5.41, 5.74) is 0.495. The minimum atomic E-state index is -1.08. The third-order valence-electron chi connectivity index (χ3n) is 3.65. The molecule has 1 aromatic rings. The number of carbonyl (C=O) groups is 4. The first-order valence-corrected chi connectivity index (χ1v) is 8.41. The second-order valence-corrected chi connectivity index (χ2v) is 5.83. The van der Waals surface area contributed by atoms with Gasteiger partial charge in [0, 0.05) is 19.4 Å². The number of esters is 2. The fourth-order valence-electron chi connectivity index (χ4n) is 2.35. The molecule has 8 nitrogen and oxygen atoms in total. The van der Waals surface area contributed by atoms with E-state index in [-0.39, 0.29) is 12.8 Å². The van der Waals surface area contributed by atoms with E-state index in [1.165, 1.54) is 38.3 Å². The van der Waals surface area contributed by atoms with Gasteiger partial charge in [-0.2, -0.15) is 0 Å². The molecular weight excluding hydrogens is 371 g/mol. The summed E-state index contributed by atoms with van der Waals surface area (Å²) >= 11 is 0. The fraction of sp³-hybridized carbons (Fsp3) is 0.368. The van der Waals surface area contributed by atoms with Gasteiger partial charge in [0.25, 0.3) is 0 Å². The van der Waals surface area contributed by atoms with Gasteiger partial charge in [0.2, 0.25) is 11.8 Å². The fourth-order valence-corrected chi connectivity index (χ4v) is 2.35. The predicted molar refractivity (Wildman–Crippen MR) is 97.4 cm³/mol. The van der Waals surface area contributed by atoms with Gasteiger partial charge in [-0.15, -0.1) is 0 Å². The minimum Gasteiger partial charge on any atom is -0.467 e. The largest absolute Gasteiger partial charge is 0.467 e. The zero-order valence-electron chi connectivity index (χ0n) is 15.9. The highest BCUT2D eigenvalue weighted by molar-refractivity contribution is 5.90. The van der Waals surface area contributed by atoms with Crippen molar-refractivity contribution >= 4 is 23.8 Å². The Labute approximate surface area is 162 Å². The number of benzene rings is 1. The summed E-state index contributed by atoms with van der Waals surface area (Å²) in [4.78, 5) is 47.1. The molecule has 0 heterocycles. The number of rotatable bonds is 9. The lowest BCUT2D eigenvalue weighted by Gasteiger charge is -2.21. The van der Waals surface area contributed by atoms with Gasteiger partial charge in [-0.05, 0) is 24.1 Å². The summed E-state index contributed by atoms with van der Waals surface area (Å²) in [5.74, 6) is -2.93. The summed E-state index contributed by atoms with van der Waals surface area (Å²) in [7, 11) is 2.36. The summed E-state index contributed by atoms with van der Waals surface area (Å²) < 4.78 is 22.5. The maximum Gasteiger partial charge on any atom is 0.330 e. The molecular formula is C19H23FN2O6. The molecule has 2 atom stereocenters. The van der Waals surface area contributed by atoms with Crippen LogP contribution in [0.4, 0.5) is 4.39 Å². The molecule has 0 aliphatic carbocycles. The van der Waals surface area contributed by atoms with Crippen molar-refractivity contribution in [3.63, 3.8) is 0 Å². The number of hydrogen-bond acceptors (Lipinski definition) is 6. The van der Waals surface area contributed by atoms with E-state index in [9.17, 15) is 23.6 Å². The number of carbonyl (C=O) groups excluding carboxylic acids is 4. The predicted octanol–water partition coefficient (Wildman–Crippen LogP) is 0.650. The van der Waals surface area contributed by atoms with Gasteiger partial charge in [0.05, 0.1) is 14.2 Å². The molecule has 0 unspecified atom stereocenters. The Morgan fingerprint density at radius 1 is 1.11 bits per heavy atom. The maximum absolute atomic E-state index is 13.4. The first-order valence-electron chi connectivity index (χ1n) is 8.41. The number of halogens is 1. The normalized spacial score (nSPS) is 12.7. The van der Waals surface area contributed by atoms with Crippen LogP contribution in [0.25, 0.3) is 0 Å². The third kappa shape index (κ3) is 7.98. The molecule has 0 aliphatic heterocycles. The van der Waals surface area contributed by atoms with Crippen molar-refractivity contribution in [2.24, 2.45) is 0 Å². The summed E-state index contributed by atoms with van der Waals surface area (Å²) in [6, 6.07) is 3.50. The van der Waals surface area contributed by atoms with Gasteiger partial charge < -0.3 is 20.1 Å². The molecule has 0 saturated carbocycles. The highest BCUT2D eigenvalue weighted by atomic mass is 19.1. The standard InChI is InChI=1S/C19H23FN2O6/c1-12(23)21-16(11-13-6-4-7-14(20)10-13)18(25)22-15(19(26)28-3)8-5-9-17(24)27-2/h4-7,9-10,15-16H,8,11H2,1-3H3,(H,21,23)(H,22,25)/b9-5+/t15-,16-/m1/s1. The maximum atomic E-state index is 13.4. The second kappa shape index (κ2) is 11.5. The highest BCUT2D eigenvalue weighted by Crippen LogP contribution is 2.08. The first-order chi connectivity index (χ1) is 13.3. The molecule has 152 valence electrons. The molecule has 0 radical (unpaired) electrons. The molecule has 0 aliphatic rings. The lowest BCUT2D eigenvalue weighted by Crippen LogP contribution is -2.52. The van der Waals surface area contributed by atoms with Gasteiger partial charge in [0.15, 0.2) is 0 Å². The Morgan fingerprint density at radius 2 is 1.82 bits per heavy atom. The molecule has 0 aromatic heterocycles. The van der Waals surface area contributed by atoms with E-state index >= 15 is 0 Å². The minimum absolute atomic E-state index is 0.0229. The smallest absolute Gasteiger partial charge is 0.330 e. The summed E-state index contributed by atoms with van der Waals surface area (Å²) in [6.07, 6.45) is 2.46. The molecule has 2 amide bonds. The number of ether oxygens (including phenoxy) is 2. The van der Waals surface area contributed by atoms with E-state index in [1.54, 1.807) is 6.07 Å². The molecule has 1 rings (SSSR count). The van der Waals surface area contributed by atoms with Gasteiger partial charge in [-0.1, -0.05) is 18.2 Å². The Balaban J connectivity index is 2.91. The lowest BCUT2D eigenvalue weighted by atomic mass is 10.0. The van der Waals surface area contributed by atoms with Crippen molar-refractivity contribution in [2.75, 3.05) is 14.2 Å². The van der Waals surface area contributed by atoms with Gasteiger partial charge >= 0.3 is 11.9 Å². The monoisotopic (exact) mass is 394 g/mol. The van der Waals surface area contributed by atoms with Crippen molar-refractivity contribution in [3.8, 4) is 0 Å². The zero-order valence-corrected chi connectivity index (χ0v) is 15.9. The SMILES string of the molecule is COC(=O)/C=C/C[C@@H](NC(=O)[C@@H](Cc1cccc(F)c1)NC(C)=O)C(=O)OC. The van der Waals surface area contributed by atoms with E-state index in [1.807, 2.05) is 0 Å². The van der Waals surface area contributed by atoms with E-state index in [2.05, 4.69) is 20.1 Å². The molecule has 0 saturated heterocycles. The molecule has 0 fully saturated rings. The topological polar surface area (TPSA) is 111 Å². The molecule has 2 N–H and O–H groups in total. The van der Waals surface area contributed by atoms with E-state index < -0.39 is 41.7 Å². The third-order valence-corrected chi connectivity index (χ3v) is 3.65. The van der Waals surface area contributed by atoms with Crippen LogP contribution in [0.15, 0.2) is 36.4 Å². The van der Waals surface area contributed by atoms with Gasteiger partial charge in [-0.25, -0.2) is 14.0 Å². The summed E-state index contributed by atoms with van der Waals surface area (Å²) in [6.45, 7) is 1.24. The van der Waals surface area contributed by atoms with E-state index in [0.29, 0.717) is 5.56 Å². The van der Waals surface area contributed by atoms with Crippen LogP contribution in [0.5, 0.6) is 0 Å². The quantitative estimate of drug-likeness (QED) is 0.470. The lowest BCUT2D eigenvalue weighted by molar-refractivity contribution is -0.145. The Bertz CT molecular complexity index is 750. The number of amides is 2. The number of hydrogen-bond donors (Lipinski definition) is 2. The second-order valence-electron chi connectivity index (χ2n) is 5.83. The van der Waals surface area contributed by atoms with Crippen LogP contribution < -0.4 is 10.6 Å². The van der Waals surface area contributed by atoms with Crippen molar-refractivity contribution in [1.82, 2.24) is 10.6 Å². The van der Waals surface area contributed by atoms with Crippen molar-refractivity contribution in [3.05, 3.63) is 47.8 Å². The Morgan fingerprint density at radius 3 is 2.39 bits per heavy atom. The van der Waals surface area contributed by atoms with E-state index in [4.69, 9.17) is 0 Å². The van der Waals surface area contributed by atoms with Crippen LogP contribution in [0.2, 0.25) is 0 Å². The highest BCUT2D eigenvalue weighted by Gasteiger charge is 2.26. The van der Waals surface area contributed by atoms with Crippen LogP contribution in [0.1, 0.15) is 18.9 Å². The Kier molecular flexibility index (Phi) is 9.35. The van der Waals surface area contributed by atoms with Gasteiger partial charge in [0.1, 0.15) is 17.9 Å². The van der Waals surface area contributed by atoms with Crippen molar-refractivity contribution in [2.45, 2.75) is 31.8 Å². The van der Waals surface area contributed by atoms with Crippen LogP contribution >= 0.6 is 0 Å². The molecule has 0 spiro atoms. The van der Waals surface area contributed by atoms with Crippen LogP contribution in [-0.2, 0) is 35.1 Å². The molecule has 1 aromatic carbocycles. The molecule has 0 bridgehead atoms. The average Bonchev–Trinajstić information content (AvgIpc) is 2.65. The van der Waals surface area contributed by atoms with E-state index in [0.717, 1.165) is 13.2 Å². The van der Waals surface area contributed by atoms with Crippen molar-refractivity contribution in [1.29, 1.82) is 0 Å². The van der Waals surface area contributed by atoms with Crippen LogP contribution in [-0.4, -0.2) is 50.1 Å². The van der Waals surface area contributed by atoms with Crippen LogP contribution in [0, 0.1) is 5.82 Å².